The molecule has 0 radical (unpaired) electrons. The first-order valence-electron chi connectivity index (χ1n) is 10.3. The number of carbonyl (C=O) groups excluding carboxylic acids is 2. The van der Waals surface area contributed by atoms with Crippen LogP contribution in [0.25, 0.3) is 0 Å². The summed E-state index contributed by atoms with van der Waals surface area (Å²) in [7, 11) is -5.79. The van der Waals surface area contributed by atoms with Crippen LogP contribution in [-0.4, -0.2) is 121 Å². The van der Waals surface area contributed by atoms with Gasteiger partial charge in [-0.3, -0.25) is 14.1 Å². The Kier molecular flexibility index (Phi) is 14.4. The molecular weight excluding hydrogens is 713 g/mol. The number of halogens is 18. The summed E-state index contributed by atoms with van der Waals surface area (Å²) < 4.78 is 268. The van der Waals surface area contributed by atoms with E-state index < -0.39 is 114 Å². The van der Waals surface area contributed by atoms with E-state index in [4.69, 9.17) is 4.55 Å². The number of hydrogen-bond acceptors (Lipinski definition) is 6. The average Bonchev–Trinajstić information content (AvgIpc) is 2.75. The average molecular weight is 728 g/mol. The molecule has 0 bridgehead atoms. The van der Waals surface area contributed by atoms with Gasteiger partial charge < -0.3 is 9.47 Å². The Balaban J connectivity index is 0. The van der Waals surface area contributed by atoms with E-state index in [2.05, 4.69) is 9.47 Å². The van der Waals surface area contributed by atoms with E-state index in [1.807, 2.05) is 0 Å². The molecule has 0 rings (SSSR count). The second-order valence-corrected chi connectivity index (χ2v) is 9.73. The molecule has 0 saturated heterocycles. The summed E-state index contributed by atoms with van der Waals surface area (Å²) in [5, 5.41) is -3.10. The first-order chi connectivity index (χ1) is 18.6. The van der Waals surface area contributed by atoms with Crippen molar-refractivity contribution in [2.45, 2.75) is 78.8 Å². The van der Waals surface area contributed by atoms with Crippen LogP contribution < -0.4 is 0 Å². The molecule has 44 heavy (non-hydrogen) atoms. The third-order valence-electron chi connectivity index (χ3n) is 4.99. The third kappa shape index (κ3) is 9.56. The molecule has 0 aliphatic carbocycles. The zero-order chi connectivity index (χ0) is 34.9. The van der Waals surface area contributed by atoms with Gasteiger partial charge in [-0.15, -0.1) is 0 Å². The monoisotopic (exact) mass is 728 g/mol. The van der Waals surface area contributed by atoms with E-state index in [0.29, 0.717) is 0 Å². The fraction of sp³-hybridized carbons (Fsp3) is 0.882. The van der Waals surface area contributed by atoms with Crippen LogP contribution in [0, 0.1) is 0 Å². The number of esters is 2. The van der Waals surface area contributed by atoms with Crippen molar-refractivity contribution < 1.29 is 111 Å². The molecule has 258 valence electrons. The maximum atomic E-state index is 13.4. The summed E-state index contributed by atoms with van der Waals surface area (Å²) in [4.78, 5) is 23.2. The van der Waals surface area contributed by atoms with Crippen molar-refractivity contribution in [3.05, 3.63) is 0 Å². The molecule has 0 spiro atoms. The molecule has 1 atom stereocenters. The number of hydrogen-bond donors (Lipinski definition) is 1. The van der Waals surface area contributed by atoms with Gasteiger partial charge in [-0.1, -0.05) is 0 Å². The molecule has 0 amide bonds. The van der Waals surface area contributed by atoms with Crippen LogP contribution in [0.3, 0.4) is 0 Å². The van der Waals surface area contributed by atoms with Crippen LogP contribution in [0.2, 0.25) is 0 Å². The van der Waals surface area contributed by atoms with Crippen LogP contribution in [0.5, 0.6) is 0 Å². The van der Waals surface area contributed by atoms with Crippen molar-refractivity contribution in [2.75, 3.05) is 13.2 Å². The second kappa shape index (κ2) is 14.1. The van der Waals surface area contributed by atoms with E-state index in [-0.39, 0.29) is 29.6 Å². The van der Waals surface area contributed by atoms with E-state index in [0.717, 1.165) is 0 Å². The minimum absolute atomic E-state index is 0. The van der Waals surface area contributed by atoms with Gasteiger partial charge in [0, 0.05) is 6.42 Å². The zero-order valence-corrected chi connectivity index (χ0v) is 20.7. The van der Waals surface area contributed by atoms with Gasteiger partial charge >= 0.3 is 89.4 Å². The molecule has 0 fully saturated rings. The van der Waals surface area contributed by atoms with Crippen molar-refractivity contribution in [2.24, 2.45) is 0 Å². The van der Waals surface area contributed by atoms with Crippen molar-refractivity contribution in [1.82, 2.24) is 0 Å². The van der Waals surface area contributed by atoms with E-state index in [9.17, 15) is 97.0 Å². The van der Waals surface area contributed by atoms with Gasteiger partial charge in [-0.2, -0.15) is 87.4 Å². The normalized spacial score (nSPS) is 15.3. The molecule has 0 aromatic rings. The molecule has 0 aliphatic heterocycles. The summed E-state index contributed by atoms with van der Waals surface area (Å²) in [5.74, 6) is -45.8. The van der Waals surface area contributed by atoms with Crippen LogP contribution in [0.4, 0.5) is 79.0 Å². The standard InChI is InChI=1S/C17H14F18O7S.Na.H/c18-10(19,12(22,23)14(26,27)16(30,31)32)3-5-41-8(36)2-1-7(43(38,39)40)9(37)42-6-4-11(20,21)13(24,25)15(28,29)17(33,34)35;;/h7H,1-6H2,(H,38,39,40);;. The summed E-state index contributed by atoms with van der Waals surface area (Å²) in [6.45, 7) is -4.28. The van der Waals surface area contributed by atoms with Crippen molar-refractivity contribution >= 4 is 51.6 Å². The van der Waals surface area contributed by atoms with Crippen LogP contribution in [0.1, 0.15) is 25.7 Å². The Morgan fingerprint density at radius 3 is 1.20 bits per heavy atom. The van der Waals surface area contributed by atoms with E-state index in [1.165, 1.54) is 0 Å². The summed E-state index contributed by atoms with van der Waals surface area (Å²) in [5.41, 5.74) is 0. The fourth-order valence-corrected chi connectivity index (χ4v) is 3.23. The van der Waals surface area contributed by atoms with Crippen LogP contribution in [-0.2, 0) is 29.2 Å². The van der Waals surface area contributed by atoms with Gasteiger partial charge in [0.05, 0.1) is 26.1 Å². The Hall–Kier alpha value is -1.41. The molecule has 0 aliphatic rings. The number of alkyl halides is 18. The number of carbonyl (C=O) groups is 2. The first-order valence-corrected chi connectivity index (χ1v) is 11.8. The Morgan fingerprint density at radius 2 is 0.909 bits per heavy atom. The minimum atomic E-state index is -7.33. The van der Waals surface area contributed by atoms with Crippen molar-refractivity contribution in [3.8, 4) is 0 Å². The molecule has 1 unspecified atom stereocenters. The molecule has 27 heteroatoms. The molecule has 1 N–H and O–H groups in total. The van der Waals surface area contributed by atoms with E-state index in [1.54, 1.807) is 0 Å². The topological polar surface area (TPSA) is 107 Å². The molecule has 0 aromatic heterocycles. The van der Waals surface area contributed by atoms with Crippen LogP contribution >= 0.6 is 0 Å². The molecule has 0 aromatic carbocycles. The van der Waals surface area contributed by atoms with Crippen molar-refractivity contribution in [3.63, 3.8) is 0 Å². The SMILES string of the molecule is O=C(CCC(C(=O)OCCC(F)(F)C(F)(F)C(F)(F)C(F)(F)F)S(=O)(=O)O)OCCC(F)(F)C(F)(F)C(F)(F)C(F)(F)F.[NaH]. The van der Waals surface area contributed by atoms with Gasteiger partial charge in [0.25, 0.3) is 10.1 Å². The molecule has 0 heterocycles. The fourth-order valence-electron chi connectivity index (χ4n) is 2.50. The third-order valence-corrected chi connectivity index (χ3v) is 6.14. The van der Waals surface area contributed by atoms with Crippen LogP contribution in [0.15, 0.2) is 0 Å². The summed E-state index contributed by atoms with van der Waals surface area (Å²) >= 11 is 0. The van der Waals surface area contributed by atoms with Gasteiger partial charge in [0.2, 0.25) is 0 Å². The predicted octanol–water partition coefficient (Wildman–Crippen LogP) is 5.18. The summed E-state index contributed by atoms with van der Waals surface area (Å²) in [6, 6.07) is 0. The number of ether oxygens (including phenoxy) is 2. The zero-order valence-electron chi connectivity index (χ0n) is 19.9. The molecule has 0 saturated carbocycles. The molecule has 7 nitrogen and oxygen atoms in total. The molecular formula is C17H15F18NaO7S. The first kappa shape index (κ1) is 44.7. The van der Waals surface area contributed by atoms with Gasteiger partial charge in [-0.25, -0.2) is 0 Å². The number of rotatable bonds is 15. The summed E-state index contributed by atoms with van der Waals surface area (Å²) in [6.07, 6.45) is -23.1. The quantitative estimate of drug-likeness (QED) is 0.107. The predicted molar refractivity (Wildman–Crippen MR) is 105 cm³/mol. The van der Waals surface area contributed by atoms with Crippen molar-refractivity contribution in [1.29, 1.82) is 0 Å². The van der Waals surface area contributed by atoms with Gasteiger partial charge in [0.15, 0.2) is 5.25 Å². The second-order valence-electron chi connectivity index (χ2n) is 8.13. The maximum absolute atomic E-state index is 13.4. The Bertz CT molecular complexity index is 1100. The van der Waals surface area contributed by atoms with Gasteiger partial charge in [0.1, 0.15) is 0 Å². The Morgan fingerprint density at radius 1 is 0.591 bits per heavy atom. The van der Waals surface area contributed by atoms with E-state index >= 15 is 0 Å². The van der Waals surface area contributed by atoms with Gasteiger partial charge in [-0.05, 0) is 6.42 Å². The Labute approximate surface area is 254 Å².